The Kier molecular flexibility index (Phi) is 6.21. The Morgan fingerprint density at radius 1 is 1.21 bits per heavy atom. The second kappa shape index (κ2) is 8.46. The van der Waals surface area contributed by atoms with E-state index in [4.69, 9.17) is 4.74 Å². The number of nitro benzene ring substituents is 1. The first-order valence-corrected chi connectivity index (χ1v) is 10.2. The average molecular weight is 528 g/mol. The first kappa shape index (κ1) is 20.6. The Morgan fingerprint density at radius 3 is 2.50 bits per heavy atom. The van der Waals surface area contributed by atoms with E-state index < -0.39 is 16.1 Å². The van der Waals surface area contributed by atoms with Gasteiger partial charge in [-0.15, -0.1) is 0 Å². The molecule has 1 aliphatic heterocycles. The standard InChI is InChI=1S/C18H12Br2N2O5S/c1-27-16-11(6-12(19)8-14(16)20)7-15-17(23)21(18(24)28-15)9-10-2-4-13(5-3-10)22(25)26/h2-8H,9H2,1H3/b15-7-. The summed E-state index contributed by atoms with van der Waals surface area (Å²) in [4.78, 5) is 36.6. The highest BCUT2D eigenvalue weighted by Crippen LogP contribution is 2.38. The Balaban J connectivity index is 1.86. The summed E-state index contributed by atoms with van der Waals surface area (Å²) in [5.74, 6) is 0.122. The monoisotopic (exact) mass is 526 g/mol. The summed E-state index contributed by atoms with van der Waals surface area (Å²) in [5.41, 5.74) is 1.21. The Labute approximate surface area is 181 Å². The molecule has 2 aromatic rings. The molecule has 0 unspecified atom stereocenters. The highest BCUT2D eigenvalue weighted by molar-refractivity contribution is 9.11. The van der Waals surface area contributed by atoms with Crippen LogP contribution in [-0.2, 0) is 11.3 Å². The Morgan fingerprint density at radius 2 is 1.89 bits per heavy atom. The maximum absolute atomic E-state index is 12.7. The fourth-order valence-corrected chi connectivity index (χ4v) is 4.84. The maximum atomic E-state index is 12.7. The molecule has 1 saturated heterocycles. The van der Waals surface area contributed by atoms with Crippen molar-refractivity contribution in [2.24, 2.45) is 0 Å². The van der Waals surface area contributed by atoms with E-state index in [1.54, 1.807) is 12.1 Å². The summed E-state index contributed by atoms with van der Waals surface area (Å²) < 4.78 is 6.87. The van der Waals surface area contributed by atoms with Crippen molar-refractivity contribution in [3.05, 3.63) is 71.5 Å². The molecule has 3 rings (SSSR count). The number of methoxy groups -OCH3 is 1. The fourth-order valence-electron chi connectivity index (χ4n) is 2.59. The fraction of sp³-hybridized carbons (Fsp3) is 0.111. The molecule has 2 amide bonds. The van der Waals surface area contributed by atoms with E-state index in [9.17, 15) is 19.7 Å². The molecule has 1 heterocycles. The summed E-state index contributed by atoms with van der Waals surface area (Å²) in [6.07, 6.45) is 1.61. The number of carbonyl (C=O) groups excluding carboxylic acids is 2. The van der Waals surface area contributed by atoms with Gasteiger partial charge in [-0.2, -0.15) is 0 Å². The number of thioether (sulfide) groups is 1. The van der Waals surface area contributed by atoms with Gasteiger partial charge in [0.2, 0.25) is 0 Å². The molecule has 7 nitrogen and oxygen atoms in total. The largest absolute Gasteiger partial charge is 0.495 e. The third-order valence-corrected chi connectivity index (χ3v) is 5.84. The number of nitrogens with zero attached hydrogens (tertiary/aromatic N) is 2. The Bertz CT molecular complexity index is 1010. The van der Waals surface area contributed by atoms with Crippen molar-refractivity contribution in [3.8, 4) is 5.75 Å². The minimum atomic E-state index is -0.504. The topological polar surface area (TPSA) is 89.8 Å². The quantitative estimate of drug-likeness (QED) is 0.295. The van der Waals surface area contributed by atoms with Gasteiger partial charge in [-0.05, 0) is 51.5 Å². The average Bonchev–Trinajstić information content (AvgIpc) is 2.89. The molecule has 0 radical (unpaired) electrons. The van der Waals surface area contributed by atoms with E-state index in [0.717, 1.165) is 21.1 Å². The number of imide groups is 1. The summed E-state index contributed by atoms with van der Waals surface area (Å²) in [6.45, 7) is 0.0410. The van der Waals surface area contributed by atoms with Crippen LogP contribution in [0.1, 0.15) is 11.1 Å². The molecule has 28 heavy (non-hydrogen) atoms. The number of hydrogen-bond acceptors (Lipinski definition) is 6. The number of carbonyl (C=O) groups is 2. The minimum Gasteiger partial charge on any atom is -0.495 e. The number of ether oxygens (including phenoxy) is 1. The van der Waals surface area contributed by atoms with Crippen LogP contribution in [0, 0.1) is 10.1 Å². The number of non-ortho nitro benzene ring substituents is 1. The second-order valence-corrected chi connectivity index (χ2v) is 8.46. The molecule has 0 N–H and O–H groups in total. The SMILES string of the molecule is COc1c(Br)cc(Br)cc1/C=C1\SC(=O)N(Cc2ccc([N+](=O)[O-])cc2)C1=O. The van der Waals surface area contributed by atoms with Crippen molar-refractivity contribution in [2.75, 3.05) is 7.11 Å². The van der Waals surface area contributed by atoms with Crippen molar-refractivity contribution in [2.45, 2.75) is 6.54 Å². The zero-order chi connectivity index (χ0) is 20.4. The molecule has 1 fully saturated rings. The van der Waals surface area contributed by atoms with Gasteiger partial charge in [0.1, 0.15) is 5.75 Å². The number of benzene rings is 2. The van der Waals surface area contributed by atoms with Gasteiger partial charge in [0.15, 0.2) is 0 Å². The predicted molar refractivity (Wildman–Crippen MR) is 113 cm³/mol. The van der Waals surface area contributed by atoms with Crippen molar-refractivity contribution >= 4 is 66.5 Å². The number of amides is 2. The lowest BCUT2D eigenvalue weighted by atomic mass is 10.1. The molecule has 10 heteroatoms. The zero-order valence-corrected chi connectivity index (χ0v) is 18.3. The summed E-state index contributed by atoms with van der Waals surface area (Å²) in [6, 6.07) is 9.34. The van der Waals surface area contributed by atoms with Crippen molar-refractivity contribution in [1.82, 2.24) is 4.90 Å². The summed E-state index contributed by atoms with van der Waals surface area (Å²) >= 11 is 7.64. The van der Waals surface area contributed by atoms with Crippen molar-refractivity contribution < 1.29 is 19.2 Å². The normalized spacial score (nSPS) is 15.4. The smallest absolute Gasteiger partial charge is 0.293 e. The van der Waals surface area contributed by atoms with Gasteiger partial charge in [0.05, 0.1) is 28.0 Å². The first-order valence-electron chi connectivity index (χ1n) is 7.82. The van der Waals surface area contributed by atoms with Crippen LogP contribution in [0.5, 0.6) is 5.75 Å². The van der Waals surface area contributed by atoms with E-state index in [1.807, 2.05) is 6.07 Å². The van der Waals surface area contributed by atoms with Crippen LogP contribution in [0.2, 0.25) is 0 Å². The molecule has 2 aromatic carbocycles. The van der Waals surface area contributed by atoms with E-state index in [1.165, 1.54) is 31.4 Å². The maximum Gasteiger partial charge on any atom is 0.293 e. The second-order valence-electron chi connectivity index (χ2n) is 5.70. The minimum absolute atomic E-state index is 0.0410. The van der Waals surface area contributed by atoms with Crippen LogP contribution >= 0.6 is 43.6 Å². The molecule has 0 spiro atoms. The van der Waals surface area contributed by atoms with Crippen LogP contribution in [0.3, 0.4) is 0 Å². The van der Waals surface area contributed by atoms with Gasteiger partial charge in [-0.25, -0.2) is 0 Å². The third-order valence-electron chi connectivity index (χ3n) is 3.89. The summed E-state index contributed by atoms with van der Waals surface area (Å²) in [5, 5.41) is 10.3. The van der Waals surface area contributed by atoms with Gasteiger partial charge >= 0.3 is 0 Å². The molecule has 1 aliphatic rings. The first-order chi connectivity index (χ1) is 13.3. The molecule has 0 aromatic heterocycles. The molecule has 0 bridgehead atoms. The van der Waals surface area contributed by atoms with Crippen molar-refractivity contribution in [1.29, 1.82) is 0 Å². The van der Waals surface area contributed by atoms with Crippen LogP contribution in [0.25, 0.3) is 6.08 Å². The number of rotatable bonds is 5. The number of nitro groups is 1. The van der Waals surface area contributed by atoms with Gasteiger partial charge < -0.3 is 4.74 Å². The highest BCUT2D eigenvalue weighted by Gasteiger charge is 2.35. The van der Waals surface area contributed by atoms with Crippen LogP contribution in [-0.4, -0.2) is 28.1 Å². The molecule has 144 valence electrons. The molecular formula is C18H12Br2N2O5S. The number of hydrogen-bond donors (Lipinski definition) is 0. The van der Waals surface area contributed by atoms with Crippen molar-refractivity contribution in [3.63, 3.8) is 0 Å². The third kappa shape index (κ3) is 4.29. The lowest BCUT2D eigenvalue weighted by Gasteiger charge is -2.12. The number of halogens is 2. The zero-order valence-electron chi connectivity index (χ0n) is 14.3. The Hall–Kier alpha value is -2.17. The van der Waals surface area contributed by atoms with Gasteiger partial charge in [0, 0.05) is 22.2 Å². The summed E-state index contributed by atoms with van der Waals surface area (Å²) in [7, 11) is 1.52. The molecule has 0 aliphatic carbocycles. The van der Waals surface area contributed by atoms with Gasteiger partial charge in [0.25, 0.3) is 16.8 Å². The van der Waals surface area contributed by atoms with E-state index in [2.05, 4.69) is 31.9 Å². The lowest BCUT2D eigenvalue weighted by Crippen LogP contribution is -2.27. The van der Waals surface area contributed by atoms with E-state index in [0.29, 0.717) is 21.3 Å². The van der Waals surface area contributed by atoms with Crippen LogP contribution in [0.15, 0.2) is 50.2 Å². The molecule has 0 atom stereocenters. The predicted octanol–water partition coefficient (Wildman–Crippen LogP) is 5.36. The lowest BCUT2D eigenvalue weighted by molar-refractivity contribution is -0.384. The van der Waals surface area contributed by atoms with Crippen LogP contribution < -0.4 is 4.74 Å². The van der Waals surface area contributed by atoms with E-state index in [-0.39, 0.29) is 17.1 Å². The van der Waals surface area contributed by atoms with Gasteiger partial charge in [-0.3, -0.25) is 24.6 Å². The van der Waals surface area contributed by atoms with Crippen LogP contribution in [0.4, 0.5) is 10.5 Å². The van der Waals surface area contributed by atoms with Gasteiger partial charge in [-0.1, -0.05) is 28.1 Å². The highest BCUT2D eigenvalue weighted by atomic mass is 79.9. The van der Waals surface area contributed by atoms with E-state index >= 15 is 0 Å². The molecule has 0 saturated carbocycles. The molecular weight excluding hydrogens is 516 g/mol.